The van der Waals surface area contributed by atoms with Crippen LogP contribution in [0.4, 0.5) is 0 Å². The van der Waals surface area contributed by atoms with Crippen molar-refractivity contribution in [2.75, 3.05) is 33.4 Å². The van der Waals surface area contributed by atoms with Gasteiger partial charge in [0.25, 0.3) is 0 Å². The summed E-state index contributed by atoms with van der Waals surface area (Å²) in [5.74, 6) is 0.0951. The first-order valence-corrected chi connectivity index (χ1v) is 3.80. The number of rotatable bonds is 0. The minimum absolute atomic E-state index is 0. The van der Waals surface area contributed by atoms with Gasteiger partial charge in [-0.2, -0.15) is 0 Å². The summed E-state index contributed by atoms with van der Waals surface area (Å²) in [6.45, 7) is 2.67. The number of hydrogen-bond donors (Lipinski definition) is 1. The van der Waals surface area contributed by atoms with Gasteiger partial charge in [-0.05, 0) is 0 Å². The van der Waals surface area contributed by atoms with Crippen molar-refractivity contribution >= 4 is 18.3 Å². The second-order valence-corrected chi connectivity index (χ2v) is 3.27. The quantitative estimate of drug-likeness (QED) is 0.549. The Balaban J connectivity index is 0.000000720. The largest absolute Gasteiger partial charge is 0.369 e. The van der Waals surface area contributed by atoms with E-state index >= 15 is 0 Å². The van der Waals surface area contributed by atoms with Gasteiger partial charge in [0, 0.05) is 20.1 Å². The summed E-state index contributed by atoms with van der Waals surface area (Å²) < 4.78 is 5.18. The first kappa shape index (κ1) is 9.77. The molecule has 0 bridgehead atoms. The van der Waals surface area contributed by atoms with E-state index in [4.69, 9.17) is 4.74 Å². The predicted molar refractivity (Wildman–Crippen MR) is 46.4 cm³/mol. The van der Waals surface area contributed by atoms with Gasteiger partial charge >= 0.3 is 0 Å². The average Bonchev–Trinajstić information content (AvgIpc) is 1.91. The van der Waals surface area contributed by atoms with Crippen molar-refractivity contribution in [3.05, 3.63) is 0 Å². The number of amides is 1. The van der Waals surface area contributed by atoms with Gasteiger partial charge in [0.15, 0.2) is 0 Å². The summed E-state index contributed by atoms with van der Waals surface area (Å²) in [4.78, 5) is 13.0. The van der Waals surface area contributed by atoms with Gasteiger partial charge in [-0.25, -0.2) is 0 Å². The predicted octanol–water partition coefficient (Wildman–Crippen LogP) is -0.761. The SMILES string of the molecule is CN1C(=O)COCC12CNC2.Cl. The molecule has 1 N–H and O–H groups in total. The third-order valence-corrected chi connectivity index (χ3v) is 2.59. The van der Waals surface area contributed by atoms with E-state index in [9.17, 15) is 4.79 Å². The van der Waals surface area contributed by atoms with Gasteiger partial charge in [0.1, 0.15) is 6.61 Å². The van der Waals surface area contributed by atoms with Crippen LogP contribution in [0.5, 0.6) is 0 Å². The van der Waals surface area contributed by atoms with Crippen LogP contribution in [0.25, 0.3) is 0 Å². The molecule has 2 rings (SSSR count). The van der Waals surface area contributed by atoms with Crippen molar-refractivity contribution in [2.24, 2.45) is 0 Å². The summed E-state index contributed by atoms with van der Waals surface area (Å²) in [6.07, 6.45) is 0. The van der Waals surface area contributed by atoms with E-state index in [1.807, 2.05) is 11.9 Å². The Labute approximate surface area is 77.7 Å². The smallest absolute Gasteiger partial charge is 0.248 e. The van der Waals surface area contributed by atoms with Crippen LogP contribution in [-0.4, -0.2) is 49.7 Å². The van der Waals surface area contributed by atoms with Crippen molar-refractivity contribution in [3.8, 4) is 0 Å². The summed E-state index contributed by atoms with van der Waals surface area (Å²) in [7, 11) is 1.85. The molecule has 0 saturated carbocycles. The third-order valence-electron chi connectivity index (χ3n) is 2.59. The number of halogens is 1. The highest BCUT2D eigenvalue weighted by Crippen LogP contribution is 2.22. The van der Waals surface area contributed by atoms with Crippen LogP contribution in [-0.2, 0) is 9.53 Å². The zero-order valence-corrected chi connectivity index (χ0v) is 7.82. The molecule has 2 fully saturated rings. The number of carbonyl (C=O) groups excluding carboxylic acids is 1. The van der Waals surface area contributed by atoms with Crippen LogP contribution in [0.15, 0.2) is 0 Å². The topological polar surface area (TPSA) is 41.6 Å². The standard InChI is InChI=1S/C7H12N2O2.ClH/c1-9-6(10)2-11-5-7(9)3-8-4-7;/h8H,2-5H2,1H3;1H. The number of ether oxygens (including phenoxy) is 1. The van der Waals surface area contributed by atoms with Crippen LogP contribution < -0.4 is 5.32 Å². The van der Waals surface area contributed by atoms with Crippen LogP contribution in [0.1, 0.15) is 0 Å². The molecule has 70 valence electrons. The van der Waals surface area contributed by atoms with Crippen molar-refractivity contribution in [3.63, 3.8) is 0 Å². The van der Waals surface area contributed by atoms with Gasteiger partial charge in [0.2, 0.25) is 5.91 Å². The molecule has 1 spiro atoms. The first-order valence-electron chi connectivity index (χ1n) is 3.80. The molecule has 12 heavy (non-hydrogen) atoms. The van der Waals surface area contributed by atoms with E-state index in [0.717, 1.165) is 13.1 Å². The highest BCUT2D eigenvalue weighted by atomic mass is 35.5. The summed E-state index contributed by atoms with van der Waals surface area (Å²) in [5.41, 5.74) is -0.0185. The zero-order chi connectivity index (χ0) is 7.90. The molecule has 2 saturated heterocycles. The van der Waals surface area contributed by atoms with Crippen LogP contribution in [0.3, 0.4) is 0 Å². The number of hydrogen-bond acceptors (Lipinski definition) is 3. The Morgan fingerprint density at radius 3 is 2.67 bits per heavy atom. The lowest BCUT2D eigenvalue weighted by atomic mass is 9.90. The Hall–Kier alpha value is -0.320. The van der Waals surface area contributed by atoms with E-state index in [2.05, 4.69) is 5.32 Å². The van der Waals surface area contributed by atoms with Crippen LogP contribution >= 0.6 is 12.4 Å². The van der Waals surface area contributed by atoms with E-state index in [1.54, 1.807) is 0 Å². The van der Waals surface area contributed by atoms with Crippen LogP contribution in [0, 0.1) is 0 Å². The van der Waals surface area contributed by atoms with Gasteiger partial charge in [0.05, 0.1) is 12.1 Å². The lowest BCUT2D eigenvalue weighted by Gasteiger charge is -2.51. The van der Waals surface area contributed by atoms with Gasteiger partial charge in [-0.15, -0.1) is 12.4 Å². The maximum Gasteiger partial charge on any atom is 0.248 e. The van der Waals surface area contributed by atoms with Gasteiger partial charge < -0.3 is 15.0 Å². The fourth-order valence-electron chi connectivity index (χ4n) is 1.54. The molecule has 2 heterocycles. The van der Waals surface area contributed by atoms with E-state index in [0.29, 0.717) is 6.61 Å². The molecule has 0 aromatic carbocycles. The summed E-state index contributed by atoms with van der Waals surface area (Å²) in [5, 5.41) is 3.15. The second-order valence-electron chi connectivity index (χ2n) is 3.27. The molecule has 0 unspecified atom stereocenters. The Morgan fingerprint density at radius 2 is 2.25 bits per heavy atom. The normalized spacial score (nSPS) is 26.4. The molecular formula is C7H13ClN2O2. The fourth-order valence-corrected chi connectivity index (χ4v) is 1.54. The minimum atomic E-state index is -0.0185. The molecule has 0 radical (unpaired) electrons. The molecule has 0 aliphatic carbocycles. The number of likely N-dealkylation sites (N-methyl/N-ethyl adjacent to an activating group) is 1. The summed E-state index contributed by atoms with van der Waals surface area (Å²) in [6, 6.07) is 0. The highest BCUT2D eigenvalue weighted by Gasteiger charge is 2.45. The maximum atomic E-state index is 11.2. The molecule has 0 aromatic rings. The van der Waals surface area contributed by atoms with E-state index in [-0.39, 0.29) is 30.5 Å². The number of morpholine rings is 1. The Kier molecular flexibility index (Phi) is 2.61. The number of carbonyl (C=O) groups is 1. The Bertz CT molecular complexity index is 194. The zero-order valence-electron chi connectivity index (χ0n) is 7.00. The summed E-state index contributed by atoms with van der Waals surface area (Å²) >= 11 is 0. The number of nitrogens with zero attached hydrogens (tertiary/aromatic N) is 1. The molecule has 1 amide bonds. The van der Waals surface area contributed by atoms with Crippen molar-refractivity contribution < 1.29 is 9.53 Å². The molecule has 4 nitrogen and oxygen atoms in total. The van der Waals surface area contributed by atoms with Gasteiger partial charge in [-0.1, -0.05) is 0 Å². The van der Waals surface area contributed by atoms with Crippen molar-refractivity contribution in [1.29, 1.82) is 0 Å². The lowest BCUT2D eigenvalue weighted by Crippen LogP contribution is -2.73. The fraction of sp³-hybridized carbons (Fsp3) is 0.857. The second kappa shape index (κ2) is 3.20. The van der Waals surface area contributed by atoms with E-state index < -0.39 is 0 Å². The Morgan fingerprint density at radius 1 is 1.58 bits per heavy atom. The third kappa shape index (κ3) is 1.20. The van der Waals surface area contributed by atoms with E-state index in [1.165, 1.54) is 0 Å². The monoisotopic (exact) mass is 192 g/mol. The molecule has 5 heteroatoms. The molecular weight excluding hydrogens is 180 g/mol. The van der Waals surface area contributed by atoms with Gasteiger partial charge in [-0.3, -0.25) is 4.79 Å². The number of nitrogens with one attached hydrogen (secondary N) is 1. The van der Waals surface area contributed by atoms with Crippen molar-refractivity contribution in [1.82, 2.24) is 10.2 Å². The average molecular weight is 193 g/mol. The van der Waals surface area contributed by atoms with Crippen molar-refractivity contribution in [2.45, 2.75) is 5.54 Å². The molecule has 0 aromatic heterocycles. The minimum Gasteiger partial charge on any atom is -0.369 e. The van der Waals surface area contributed by atoms with Crippen LogP contribution in [0.2, 0.25) is 0 Å². The molecule has 2 aliphatic rings. The molecule has 0 atom stereocenters. The highest BCUT2D eigenvalue weighted by molar-refractivity contribution is 5.85. The maximum absolute atomic E-state index is 11.2. The lowest BCUT2D eigenvalue weighted by molar-refractivity contribution is -0.159. The first-order chi connectivity index (χ1) is 5.25. The molecule has 2 aliphatic heterocycles.